The molecule has 1 fully saturated rings. The number of likely N-dealkylation sites (N-methyl/N-ethyl adjacent to an activating group) is 1. The summed E-state index contributed by atoms with van der Waals surface area (Å²) in [6.45, 7) is 4.06. The van der Waals surface area contributed by atoms with Crippen LogP contribution in [-0.4, -0.2) is 72.5 Å². The number of nitrogens with zero attached hydrogens (tertiary/aromatic N) is 3. The molecule has 1 saturated heterocycles. The Balaban J connectivity index is 1.24. The van der Waals surface area contributed by atoms with Crippen LogP contribution in [0.25, 0.3) is 5.70 Å². The van der Waals surface area contributed by atoms with E-state index in [1.54, 1.807) is 18.5 Å². The molecule has 0 aliphatic carbocycles. The van der Waals surface area contributed by atoms with Crippen LogP contribution >= 0.6 is 0 Å². The van der Waals surface area contributed by atoms with Crippen LogP contribution in [0.2, 0.25) is 0 Å². The second-order valence-electron chi connectivity index (χ2n) is 9.56. The Hall–Kier alpha value is -4.05. The maximum atomic E-state index is 13.0. The van der Waals surface area contributed by atoms with Gasteiger partial charge in [-0.1, -0.05) is 42.5 Å². The monoisotopic (exact) mass is 512 g/mol. The highest BCUT2D eigenvalue weighted by atomic mass is 16.7. The Labute approximate surface area is 222 Å². The average Bonchev–Trinajstić information content (AvgIpc) is 3.45. The molecule has 2 amide bonds. The van der Waals surface area contributed by atoms with E-state index in [-0.39, 0.29) is 17.9 Å². The van der Waals surface area contributed by atoms with Crippen LogP contribution in [-0.2, 0) is 14.4 Å². The number of hydrogen-bond donors (Lipinski definition) is 3. The Kier molecular flexibility index (Phi) is 8.08. The minimum atomic E-state index is -0.768. The van der Waals surface area contributed by atoms with Crippen LogP contribution in [0.1, 0.15) is 22.7 Å². The molecule has 2 aliphatic heterocycles. The lowest BCUT2D eigenvalue weighted by molar-refractivity contribution is -0.126. The number of hydrogen-bond acceptors (Lipinski definition) is 7. The molecule has 3 N–H and O–H groups in total. The Morgan fingerprint density at radius 1 is 1.00 bits per heavy atom. The summed E-state index contributed by atoms with van der Waals surface area (Å²) in [6.07, 6.45) is 4.35. The van der Waals surface area contributed by atoms with Crippen molar-refractivity contribution in [2.45, 2.75) is 12.1 Å². The number of amides is 2. The first-order valence-electron chi connectivity index (χ1n) is 12.7. The molecule has 0 saturated carbocycles. The van der Waals surface area contributed by atoms with Gasteiger partial charge in [-0.3, -0.25) is 29.8 Å². The van der Waals surface area contributed by atoms with Gasteiger partial charge in [-0.05, 0) is 48.5 Å². The first kappa shape index (κ1) is 25.6. The molecule has 9 heteroatoms. The third-order valence-electron chi connectivity index (χ3n) is 6.76. The number of carbonyl (C=O) groups is 2. The topological polar surface area (TPSA) is 98.8 Å². The highest BCUT2D eigenvalue weighted by Gasteiger charge is 2.25. The van der Waals surface area contributed by atoms with Gasteiger partial charge in [0.2, 0.25) is 5.91 Å². The molecule has 3 aromatic rings. The zero-order chi connectivity index (χ0) is 26.3. The number of hydroxylamine groups is 1. The molecule has 2 aromatic carbocycles. The van der Waals surface area contributed by atoms with E-state index in [9.17, 15) is 9.59 Å². The summed E-state index contributed by atoms with van der Waals surface area (Å²) in [6, 6.07) is 20.8. The number of nitrogens with one attached hydrogen (secondary N) is 3. The van der Waals surface area contributed by atoms with Gasteiger partial charge in [0.05, 0.1) is 18.3 Å². The lowest BCUT2D eigenvalue weighted by Crippen LogP contribution is -2.48. The van der Waals surface area contributed by atoms with E-state index in [4.69, 9.17) is 4.84 Å². The lowest BCUT2D eigenvalue weighted by Gasteiger charge is -2.32. The van der Waals surface area contributed by atoms with Crippen LogP contribution in [0.3, 0.4) is 0 Å². The first-order chi connectivity index (χ1) is 18.5. The number of anilines is 1. The quantitative estimate of drug-likeness (QED) is 0.426. The minimum absolute atomic E-state index is 0.0112. The summed E-state index contributed by atoms with van der Waals surface area (Å²) in [5.74, 6) is -0.299. The SMILES string of the molecule is CN1CCN(CC(=O)NC(c2ccccc2)c2ccc(NC(=O)C3C=C(c4cccnc4)NO3)cc2)CC1. The van der Waals surface area contributed by atoms with Crippen molar-refractivity contribution in [3.8, 4) is 0 Å². The van der Waals surface area contributed by atoms with Crippen molar-refractivity contribution in [1.29, 1.82) is 0 Å². The molecule has 38 heavy (non-hydrogen) atoms. The molecule has 1 aromatic heterocycles. The van der Waals surface area contributed by atoms with Crippen molar-refractivity contribution in [3.05, 3.63) is 102 Å². The van der Waals surface area contributed by atoms with Crippen LogP contribution in [0.5, 0.6) is 0 Å². The summed E-state index contributed by atoms with van der Waals surface area (Å²) in [4.78, 5) is 39.8. The molecule has 9 nitrogen and oxygen atoms in total. The molecule has 2 unspecified atom stereocenters. The Bertz CT molecular complexity index is 1260. The minimum Gasteiger partial charge on any atom is -0.344 e. The second kappa shape index (κ2) is 12.0. The van der Waals surface area contributed by atoms with Crippen molar-refractivity contribution in [1.82, 2.24) is 25.6 Å². The van der Waals surface area contributed by atoms with Crippen molar-refractivity contribution in [3.63, 3.8) is 0 Å². The van der Waals surface area contributed by atoms with Crippen molar-refractivity contribution >= 4 is 23.2 Å². The molecule has 2 atom stereocenters. The number of carbonyl (C=O) groups excluding carboxylic acids is 2. The molecule has 5 rings (SSSR count). The fourth-order valence-electron chi connectivity index (χ4n) is 4.55. The summed E-state index contributed by atoms with van der Waals surface area (Å²) in [5.41, 5.74) is 6.90. The van der Waals surface area contributed by atoms with E-state index in [2.05, 4.69) is 37.9 Å². The molecular weight excluding hydrogens is 480 g/mol. The van der Waals surface area contributed by atoms with Gasteiger partial charge >= 0.3 is 0 Å². The standard InChI is InChI=1S/C29H32N6O3/c1-34-14-16-35(17-15-34)20-27(36)32-28(21-6-3-2-4-7-21)22-9-11-24(12-10-22)31-29(37)26-18-25(33-38-26)23-8-5-13-30-19-23/h2-13,18-19,26,28,33H,14-17,20H2,1H3,(H,31,37)(H,32,36). The van der Waals surface area contributed by atoms with Gasteiger partial charge in [-0.25, -0.2) is 0 Å². The van der Waals surface area contributed by atoms with E-state index in [1.807, 2.05) is 66.7 Å². The van der Waals surface area contributed by atoms with Crippen LogP contribution in [0.4, 0.5) is 5.69 Å². The smallest absolute Gasteiger partial charge is 0.260 e. The zero-order valence-corrected chi connectivity index (χ0v) is 21.3. The van der Waals surface area contributed by atoms with E-state index in [0.29, 0.717) is 17.9 Å². The van der Waals surface area contributed by atoms with Gasteiger partial charge in [-0.15, -0.1) is 0 Å². The normalized spacial score (nSPS) is 18.8. The zero-order valence-electron chi connectivity index (χ0n) is 21.3. The second-order valence-corrected chi connectivity index (χ2v) is 9.56. The number of benzene rings is 2. The molecular formula is C29H32N6O3. The van der Waals surface area contributed by atoms with Gasteiger partial charge in [0.1, 0.15) is 0 Å². The predicted octanol–water partition coefficient (Wildman–Crippen LogP) is 2.42. The fourth-order valence-corrected chi connectivity index (χ4v) is 4.55. The van der Waals surface area contributed by atoms with Crippen LogP contribution < -0.4 is 16.1 Å². The lowest BCUT2D eigenvalue weighted by atomic mass is 9.98. The fraction of sp³-hybridized carbons (Fsp3) is 0.276. The highest BCUT2D eigenvalue weighted by molar-refractivity contribution is 5.97. The van der Waals surface area contributed by atoms with Gasteiger partial charge < -0.3 is 15.5 Å². The van der Waals surface area contributed by atoms with Crippen LogP contribution in [0, 0.1) is 0 Å². The van der Waals surface area contributed by atoms with Crippen molar-refractivity contribution < 1.29 is 14.4 Å². The number of rotatable bonds is 8. The Morgan fingerprint density at radius 2 is 1.74 bits per heavy atom. The summed E-state index contributed by atoms with van der Waals surface area (Å²) < 4.78 is 0. The number of piperazine rings is 1. The number of pyridine rings is 1. The van der Waals surface area contributed by atoms with E-state index in [0.717, 1.165) is 42.9 Å². The average molecular weight is 513 g/mol. The van der Waals surface area contributed by atoms with Crippen molar-refractivity contribution in [2.75, 3.05) is 45.1 Å². The third kappa shape index (κ3) is 6.44. The molecule has 2 aliphatic rings. The summed E-state index contributed by atoms with van der Waals surface area (Å²) in [7, 11) is 2.10. The largest absolute Gasteiger partial charge is 0.344 e. The third-order valence-corrected chi connectivity index (χ3v) is 6.76. The molecule has 0 radical (unpaired) electrons. The maximum absolute atomic E-state index is 13.0. The van der Waals surface area contributed by atoms with Crippen molar-refractivity contribution in [2.24, 2.45) is 0 Å². The number of aromatic nitrogens is 1. The molecule has 196 valence electrons. The van der Waals surface area contributed by atoms with E-state index < -0.39 is 6.10 Å². The maximum Gasteiger partial charge on any atom is 0.260 e. The van der Waals surface area contributed by atoms with E-state index in [1.165, 1.54) is 0 Å². The first-order valence-corrected chi connectivity index (χ1v) is 12.7. The molecule has 3 heterocycles. The predicted molar refractivity (Wildman–Crippen MR) is 146 cm³/mol. The highest BCUT2D eigenvalue weighted by Crippen LogP contribution is 2.24. The molecule has 0 bridgehead atoms. The van der Waals surface area contributed by atoms with Crippen LogP contribution in [0.15, 0.2) is 85.2 Å². The summed E-state index contributed by atoms with van der Waals surface area (Å²) >= 11 is 0. The van der Waals surface area contributed by atoms with Gasteiger partial charge in [0.25, 0.3) is 5.91 Å². The van der Waals surface area contributed by atoms with E-state index >= 15 is 0 Å². The van der Waals surface area contributed by atoms with Gasteiger partial charge in [-0.2, -0.15) is 0 Å². The Morgan fingerprint density at radius 3 is 2.45 bits per heavy atom. The summed E-state index contributed by atoms with van der Waals surface area (Å²) in [5, 5.41) is 6.11. The van der Waals surface area contributed by atoms with Gasteiger partial charge in [0, 0.05) is 49.8 Å². The molecule has 0 spiro atoms. The van der Waals surface area contributed by atoms with Gasteiger partial charge in [0.15, 0.2) is 6.10 Å².